The van der Waals surface area contributed by atoms with Gasteiger partial charge < -0.3 is 10.1 Å². The molecule has 0 saturated heterocycles. The summed E-state index contributed by atoms with van der Waals surface area (Å²) in [6.45, 7) is 9.77. The molecule has 1 N–H and O–H groups in total. The van der Waals surface area contributed by atoms with Crippen LogP contribution in [0.2, 0.25) is 0 Å². The molecule has 5 nitrogen and oxygen atoms in total. The van der Waals surface area contributed by atoms with Crippen molar-refractivity contribution in [2.24, 2.45) is 0 Å². The molecule has 0 aliphatic carbocycles. The SMILES string of the molecule is COCC(C)(C)NCc1ncnn1C(C)C. The Bertz CT molecular complexity index is 320. The van der Waals surface area contributed by atoms with Gasteiger partial charge in [0, 0.05) is 18.7 Å². The van der Waals surface area contributed by atoms with Gasteiger partial charge in [-0.3, -0.25) is 0 Å². The van der Waals surface area contributed by atoms with E-state index in [1.54, 1.807) is 13.4 Å². The van der Waals surface area contributed by atoms with Crippen LogP contribution in [0.5, 0.6) is 0 Å². The Morgan fingerprint density at radius 3 is 2.75 bits per heavy atom. The number of methoxy groups -OCH3 is 1. The third-order valence-electron chi connectivity index (χ3n) is 2.37. The first-order chi connectivity index (χ1) is 7.46. The highest BCUT2D eigenvalue weighted by molar-refractivity contribution is 4.89. The van der Waals surface area contributed by atoms with Crippen molar-refractivity contribution in [1.82, 2.24) is 20.1 Å². The summed E-state index contributed by atoms with van der Waals surface area (Å²) < 4.78 is 7.08. The van der Waals surface area contributed by atoms with E-state index in [1.165, 1.54) is 0 Å². The van der Waals surface area contributed by atoms with Crippen LogP contribution in [0.1, 0.15) is 39.6 Å². The van der Waals surface area contributed by atoms with Crippen molar-refractivity contribution in [1.29, 1.82) is 0 Å². The zero-order chi connectivity index (χ0) is 12.2. The minimum atomic E-state index is -0.0531. The fraction of sp³-hybridized carbons (Fsp3) is 0.818. The summed E-state index contributed by atoms with van der Waals surface area (Å²) in [5, 5.41) is 7.61. The molecule has 0 atom stereocenters. The largest absolute Gasteiger partial charge is 0.383 e. The van der Waals surface area contributed by atoms with Crippen LogP contribution in [0.25, 0.3) is 0 Å². The van der Waals surface area contributed by atoms with Gasteiger partial charge in [0.25, 0.3) is 0 Å². The lowest BCUT2D eigenvalue weighted by Crippen LogP contribution is -2.43. The average molecular weight is 226 g/mol. The second-order valence-corrected chi connectivity index (χ2v) is 4.89. The zero-order valence-corrected chi connectivity index (χ0v) is 10.8. The van der Waals surface area contributed by atoms with E-state index < -0.39 is 0 Å². The molecule has 0 saturated carbocycles. The van der Waals surface area contributed by atoms with Crippen LogP contribution in [-0.4, -0.2) is 34.0 Å². The summed E-state index contributed by atoms with van der Waals surface area (Å²) in [5.41, 5.74) is -0.0531. The molecule has 1 heterocycles. The molecule has 0 amide bonds. The average Bonchev–Trinajstić information content (AvgIpc) is 2.62. The van der Waals surface area contributed by atoms with E-state index >= 15 is 0 Å². The maximum absolute atomic E-state index is 5.15. The number of aromatic nitrogens is 3. The Morgan fingerprint density at radius 2 is 2.19 bits per heavy atom. The van der Waals surface area contributed by atoms with Crippen molar-refractivity contribution in [3.8, 4) is 0 Å². The van der Waals surface area contributed by atoms with Crippen molar-refractivity contribution < 1.29 is 4.74 Å². The monoisotopic (exact) mass is 226 g/mol. The predicted octanol–water partition coefficient (Wildman–Crippen LogP) is 1.37. The molecule has 0 fully saturated rings. The Morgan fingerprint density at radius 1 is 1.50 bits per heavy atom. The number of nitrogens with zero attached hydrogens (tertiary/aromatic N) is 3. The third-order valence-corrected chi connectivity index (χ3v) is 2.37. The predicted molar refractivity (Wildman–Crippen MR) is 63.2 cm³/mol. The summed E-state index contributed by atoms with van der Waals surface area (Å²) in [7, 11) is 1.71. The van der Waals surface area contributed by atoms with Crippen molar-refractivity contribution in [2.45, 2.75) is 45.8 Å². The van der Waals surface area contributed by atoms with E-state index in [0.29, 0.717) is 19.2 Å². The minimum absolute atomic E-state index is 0.0531. The first kappa shape index (κ1) is 13.1. The highest BCUT2D eigenvalue weighted by Crippen LogP contribution is 2.08. The van der Waals surface area contributed by atoms with E-state index in [0.717, 1.165) is 5.82 Å². The highest BCUT2D eigenvalue weighted by atomic mass is 16.5. The van der Waals surface area contributed by atoms with Crippen LogP contribution in [0.4, 0.5) is 0 Å². The fourth-order valence-electron chi connectivity index (χ4n) is 1.56. The van der Waals surface area contributed by atoms with Crippen LogP contribution in [-0.2, 0) is 11.3 Å². The van der Waals surface area contributed by atoms with Crippen LogP contribution in [0.15, 0.2) is 6.33 Å². The molecule has 0 aliphatic heterocycles. The number of hydrogen-bond donors (Lipinski definition) is 1. The van der Waals surface area contributed by atoms with Gasteiger partial charge in [-0.15, -0.1) is 0 Å². The van der Waals surface area contributed by atoms with Gasteiger partial charge in [0.2, 0.25) is 0 Å². The molecule has 1 aromatic rings. The van der Waals surface area contributed by atoms with Crippen LogP contribution < -0.4 is 5.32 Å². The minimum Gasteiger partial charge on any atom is -0.383 e. The second kappa shape index (κ2) is 5.41. The molecule has 0 aliphatic rings. The lowest BCUT2D eigenvalue weighted by Gasteiger charge is -2.25. The maximum Gasteiger partial charge on any atom is 0.141 e. The summed E-state index contributed by atoms with van der Waals surface area (Å²) in [4.78, 5) is 4.25. The standard InChI is InChI=1S/C11H22N4O/c1-9(2)15-10(12-8-14-15)6-13-11(3,4)7-16-5/h8-9,13H,6-7H2,1-5H3. The smallest absolute Gasteiger partial charge is 0.141 e. The van der Waals surface area contributed by atoms with Crippen LogP contribution >= 0.6 is 0 Å². The molecular weight excluding hydrogens is 204 g/mol. The molecule has 0 spiro atoms. The maximum atomic E-state index is 5.15. The van der Waals surface area contributed by atoms with E-state index in [-0.39, 0.29) is 5.54 Å². The summed E-state index contributed by atoms with van der Waals surface area (Å²) in [5.74, 6) is 0.958. The summed E-state index contributed by atoms with van der Waals surface area (Å²) >= 11 is 0. The Hall–Kier alpha value is -0.940. The molecule has 5 heteroatoms. The molecule has 16 heavy (non-hydrogen) atoms. The van der Waals surface area contributed by atoms with Crippen molar-refractivity contribution in [3.63, 3.8) is 0 Å². The van der Waals surface area contributed by atoms with Gasteiger partial charge in [-0.05, 0) is 27.7 Å². The van der Waals surface area contributed by atoms with Crippen molar-refractivity contribution >= 4 is 0 Å². The van der Waals surface area contributed by atoms with Gasteiger partial charge in [0.05, 0.1) is 13.2 Å². The molecule has 0 aromatic carbocycles. The van der Waals surface area contributed by atoms with Gasteiger partial charge in [-0.2, -0.15) is 5.10 Å². The topological polar surface area (TPSA) is 52.0 Å². The summed E-state index contributed by atoms with van der Waals surface area (Å²) in [6, 6.07) is 0.338. The molecule has 1 rings (SSSR count). The Labute approximate surface area is 97.2 Å². The normalized spacial score (nSPS) is 12.4. The van der Waals surface area contributed by atoms with Gasteiger partial charge >= 0.3 is 0 Å². The van der Waals surface area contributed by atoms with Gasteiger partial charge in [0.1, 0.15) is 12.2 Å². The molecule has 92 valence electrons. The van der Waals surface area contributed by atoms with Crippen molar-refractivity contribution in [2.75, 3.05) is 13.7 Å². The molecule has 1 aromatic heterocycles. The molecule has 0 radical (unpaired) electrons. The molecule has 0 bridgehead atoms. The van der Waals surface area contributed by atoms with E-state index in [9.17, 15) is 0 Å². The first-order valence-corrected chi connectivity index (χ1v) is 5.58. The van der Waals surface area contributed by atoms with Crippen LogP contribution in [0.3, 0.4) is 0 Å². The first-order valence-electron chi connectivity index (χ1n) is 5.58. The number of rotatable bonds is 6. The third kappa shape index (κ3) is 3.57. The number of hydrogen-bond acceptors (Lipinski definition) is 4. The van der Waals surface area contributed by atoms with Crippen LogP contribution in [0, 0.1) is 0 Å². The molecular formula is C11H22N4O. The van der Waals surface area contributed by atoms with Gasteiger partial charge in [-0.1, -0.05) is 0 Å². The van der Waals surface area contributed by atoms with E-state index in [2.05, 4.69) is 43.1 Å². The zero-order valence-electron chi connectivity index (χ0n) is 10.8. The Kier molecular flexibility index (Phi) is 4.44. The molecule has 0 unspecified atom stereocenters. The van der Waals surface area contributed by atoms with E-state index in [1.807, 2.05) is 4.68 Å². The van der Waals surface area contributed by atoms with E-state index in [4.69, 9.17) is 4.74 Å². The lowest BCUT2D eigenvalue weighted by molar-refractivity contribution is 0.127. The second-order valence-electron chi connectivity index (χ2n) is 4.89. The number of nitrogens with one attached hydrogen (secondary N) is 1. The highest BCUT2D eigenvalue weighted by Gasteiger charge is 2.18. The Balaban J connectivity index is 2.57. The fourth-order valence-corrected chi connectivity index (χ4v) is 1.56. The van der Waals surface area contributed by atoms with Gasteiger partial charge in [-0.25, -0.2) is 9.67 Å². The quantitative estimate of drug-likeness (QED) is 0.796. The summed E-state index contributed by atoms with van der Waals surface area (Å²) in [6.07, 6.45) is 1.60. The van der Waals surface area contributed by atoms with Gasteiger partial charge in [0.15, 0.2) is 0 Å². The van der Waals surface area contributed by atoms with Crippen molar-refractivity contribution in [3.05, 3.63) is 12.2 Å². The lowest BCUT2D eigenvalue weighted by atomic mass is 10.1. The number of ether oxygens (including phenoxy) is 1.